The quantitative estimate of drug-likeness (QED) is 0.665. The normalized spacial score (nSPS) is 22.4. The van der Waals surface area contributed by atoms with E-state index in [1.807, 2.05) is 0 Å². The third-order valence-electron chi connectivity index (χ3n) is 4.90. The molecule has 20 heavy (non-hydrogen) atoms. The van der Waals surface area contributed by atoms with Crippen LogP contribution in [0.4, 0.5) is 0 Å². The number of hydrogen-bond donors (Lipinski definition) is 1. The number of nitrogens with one attached hydrogen (secondary N) is 1. The highest BCUT2D eigenvalue weighted by molar-refractivity contribution is 4.75. The maximum Gasteiger partial charge on any atom is 0.0104 e. The van der Waals surface area contributed by atoms with Crippen molar-refractivity contribution in [2.45, 2.75) is 71.4 Å². The average Bonchev–Trinajstić information content (AvgIpc) is 2.46. The zero-order valence-corrected chi connectivity index (χ0v) is 14.3. The topological polar surface area (TPSA) is 18.5 Å². The van der Waals surface area contributed by atoms with Gasteiger partial charge in [-0.15, -0.1) is 0 Å². The van der Waals surface area contributed by atoms with Crippen LogP contribution in [-0.4, -0.2) is 61.7 Å². The van der Waals surface area contributed by atoms with Crippen LogP contribution in [0.2, 0.25) is 0 Å². The van der Waals surface area contributed by atoms with Crippen LogP contribution in [0.25, 0.3) is 0 Å². The van der Waals surface area contributed by atoms with E-state index < -0.39 is 0 Å². The Hall–Kier alpha value is -0.120. The van der Waals surface area contributed by atoms with Crippen LogP contribution in [0.5, 0.6) is 0 Å². The van der Waals surface area contributed by atoms with Gasteiger partial charge in [-0.05, 0) is 78.8 Å². The molecule has 2 unspecified atom stereocenters. The molecule has 1 heterocycles. The fourth-order valence-electron chi connectivity index (χ4n) is 3.27. The number of piperidine rings is 1. The second-order valence-corrected chi connectivity index (χ2v) is 6.44. The Labute approximate surface area is 127 Å². The number of nitrogens with zero attached hydrogens (tertiary/aromatic N) is 2. The summed E-state index contributed by atoms with van der Waals surface area (Å²) in [5, 5.41) is 3.72. The lowest BCUT2D eigenvalue weighted by molar-refractivity contribution is 0.174. The van der Waals surface area contributed by atoms with Gasteiger partial charge in [0.05, 0.1) is 0 Å². The molecule has 0 aliphatic carbocycles. The first-order chi connectivity index (χ1) is 9.67. The van der Waals surface area contributed by atoms with Crippen molar-refractivity contribution in [3.8, 4) is 0 Å². The van der Waals surface area contributed by atoms with Crippen LogP contribution in [-0.2, 0) is 0 Å². The maximum absolute atomic E-state index is 3.72. The summed E-state index contributed by atoms with van der Waals surface area (Å²) >= 11 is 0. The Bertz CT molecular complexity index is 228. The van der Waals surface area contributed by atoms with Gasteiger partial charge in [0.25, 0.3) is 0 Å². The van der Waals surface area contributed by atoms with E-state index in [9.17, 15) is 0 Å². The fourth-order valence-corrected chi connectivity index (χ4v) is 3.27. The van der Waals surface area contributed by atoms with E-state index in [4.69, 9.17) is 0 Å². The second kappa shape index (κ2) is 10.6. The van der Waals surface area contributed by atoms with Crippen LogP contribution < -0.4 is 5.32 Å². The van der Waals surface area contributed by atoms with Crippen molar-refractivity contribution in [3.05, 3.63) is 0 Å². The van der Waals surface area contributed by atoms with Crippen molar-refractivity contribution in [1.82, 2.24) is 15.1 Å². The Morgan fingerprint density at radius 3 is 2.65 bits per heavy atom. The summed E-state index contributed by atoms with van der Waals surface area (Å²) in [4.78, 5) is 5.07. The highest BCUT2D eigenvalue weighted by atomic mass is 15.1. The Kier molecular flexibility index (Phi) is 9.49. The van der Waals surface area contributed by atoms with Gasteiger partial charge in [0.15, 0.2) is 0 Å². The zero-order chi connectivity index (χ0) is 14.8. The Morgan fingerprint density at radius 1 is 1.25 bits per heavy atom. The minimum absolute atomic E-state index is 0.666. The van der Waals surface area contributed by atoms with E-state index >= 15 is 0 Å². The lowest BCUT2D eigenvalue weighted by Crippen LogP contribution is -2.39. The molecule has 2 atom stereocenters. The summed E-state index contributed by atoms with van der Waals surface area (Å²) in [6, 6.07) is 1.48. The molecule has 3 nitrogen and oxygen atoms in total. The molecule has 0 saturated carbocycles. The molecule has 1 N–H and O–H groups in total. The van der Waals surface area contributed by atoms with Gasteiger partial charge in [0, 0.05) is 12.1 Å². The van der Waals surface area contributed by atoms with Crippen molar-refractivity contribution >= 4 is 0 Å². The molecule has 120 valence electrons. The molecule has 0 spiro atoms. The van der Waals surface area contributed by atoms with E-state index in [2.05, 4.69) is 42.9 Å². The predicted molar refractivity (Wildman–Crippen MR) is 89.4 cm³/mol. The van der Waals surface area contributed by atoms with Gasteiger partial charge in [-0.2, -0.15) is 0 Å². The molecule has 0 radical (unpaired) electrons. The fraction of sp³-hybridized carbons (Fsp3) is 1.00. The van der Waals surface area contributed by atoms with Crippen LogP contribution in [0.15, 0.2) is 0 Å². The Balaban J connectivity index is 2.03. The summed E-state index contributed by atoms with van der Waals surface area (Å²) in [6.45, 7) is 13.0. The first-order valence-corrected chi connectivity index (χ1v) is 8.83. The van der Waals surface area contributed by atoms with E-state index in [-0.39, 0.29) is 0 Å². The molecule has 1 saturated heterocycles. The highest BCUT2D eigenvalue weighted by Gasteiger charge is 2.18. The molecule has 0 aromatic rings. The van der Waals surface area contributed by atoms with Crippen LogP contribution >= 0.6 is 0 Å². The molecule has 1 aliphatic rings. The third kappa shape index (κ3) is 7.05. The third-order valence-corrected chi connectivity index (χ3v) is 4.90. The lowest BCUT2D eigenvalue weighted by Gasteiger charge is -2.32. The molecule has 0 aromatic heterocycles. The van der Waals surface area contributed by atoms with Crippen LogP contribution in [0.3, 0.4) is 0 Å². The Morgan fingerprint density at radius 2 is 2.00 bits per heavy atom. The smallest absolute Gasteiger partial charge is 0.0104 e. The molecule has 0 aromatic carbocycles. The van der Waals surface area contributed by atoms with Gasteiger partial charge >= 0.3 is 0 Å². The van der Waals surface area contributed by atoms with E-state index in [0.717, 1.165) is 6.04 Å². The van der Waals surface area contributed by atoms with Gasteiger partial charge < -0.3 is 15.1 Å². The van der Waals surface area contributed by atoms with Gasteiger partial charge in [-0.3, -0.25) is 0 Å². The maximum atomic E-state index is 3.72. The van der Waals surface area contributed by atoms with Crippen LogP contribution in [0, 0.1) is 0 Å². The SMILES string of the molecule is CCN(CC)CCCC(C)NCCC1CCCCN1C. The monoisotopic (exact) mass is 283 g/mol. The summed E-state index contributed by atoms with van der Waals surface area (Å²) in [5.41, 5.74) is 0. The van der Waals surface area contributed by atoms with Crippen molar-refractivity contribution in [1.29, 1.82) is 0 Å². The number of rotatable bonds is 10. The second-order valence-electron chi connectivity index (χ2n) is 6.44. The molecule has 1 fully saturated rings. The molecule has 0 amide bonds. The summed E-state index contributed by atoms with van der Waals surface area (Å²) in [5.74, 6) is 0. The minimum Gasteiger partial charge on any atom is -0.314 e. The number of likely N-dealkylation sites (tertiary alicyclic amines) is 1. The van der Waals surface area contributed by atoms with Gasteiger partial charge in [0.2, 0.25) is 0 Å². The van der Waals surface area contributed by atoms with Gasteiger partial charge in [-0.1, -0.05) is 20.3 Å². The largest absolute Gasteiger partial charge is 0.314 e. The van der Waals surface area contributed by atoms with E-state index in [0.29, 0.717) is 6.04 Å². The molecule has 0 bridgehead atoms. The highest BCUT2D eigenvalue weighted by Crippen LogP contribution is 2.17. The molecular weight excluding hydrogens is 246 g/mol. The van der Waals surface area contributed by atoms with E-state index in [1.165, 1.54) is 71.2 Å². The lowest BCUT2D eigenvalue weighted by atomic mass is 10.00. The first-order valence-electron chi connectivity index (χ1n) is 8.83. The summed E-state index contributed by atoms with van der Waals surface area (Å²) in [6.07, 6.45) is 8.15. The standard InChI is InChI=1S/C17H37N3/c1-5-20(6-2)15-9-10-16(3)18-13-12-17-11-7-8-14-19(17)4/h16-18H,5-15H2,1-4H3. The summed E-state index contributed by atoms with van der Waals surface area (Å²) < 4.78 is 0. The summed E-state index contributed by atoms with van der Waals surface area (Å²) in [7, 11) is 2.29. The molecular formula is C17H37N3. The van der Waals surface area contributed by atoms with Crippen molar-refractivity contribution in [2.24, 2.45) is 0 Å². The molecule has 1 aliphatic heterocycles. The predicted octanol–water partition coefficient (Wildman–Crippen LogP) is 2.96. The average molecular weight is 284 g/mol. The van der Waals surface area contributed by atoms with Gasteiger partial charge in [-0.25, -0.2) is 0 Å². The van der Waals surface area contributed by atoms with Crippen molar-refractivity contribution < 1.29 is 0 Å². The van der Waals surface area contributed by atoms with Crippen molar-refractivity contribution in [2.75, 3.05) is 39.8 Å². The molecule has 1 rings (SSSR count). The minimum atomic E-state index is 0.666. The number of hydrogen-bond acceptors (Lipinski definition) is 3. The van der Waals surface area contributed by atoms with Gasteiger partial charge in [0.1, 0.15) is 0 Å². The molecule has 3 heteroatoms. The zero-order valence-electron chi connectivity index (χ0n) is 14.3. The van der Waals surface area contributed by atoms with Crippen LogP contribution in [0.1, 0.15) is 59.3 Å². The van der Waals surface area contributed by atoms with E-state index in [1.54, 1.807) is 0 Å². The van der Waals surface area contributed by atoms with Crippen molar-refractivity contribution in [3.63, 3.8) is 0 Å². The first kappa shape index (κ1) is 17.9.